The number of carbonyl (C=O) groups excluding carboxylic acids is 1. The van der Waals surface area contributed by atoms with Crippen molar-refractivity contribution < 1.29 is 19.1 Å². The van der Waals surface area contributed by atoms with Crippen molar-refractivity contribution in [2.75, 3.05) is 0 Å². The van der Waals surface area contributed by atoms with Gasteiger partial charge in [0.1, 0.15) is 5.82 Å². The normalized spacial score (nSPS) is 11.9. The fourth-order valence-electron chi connectivity index (χ4n) is 1.53. The maximum Gasteiger partial charge on any atom is 0.303 e. The number of carboxylic acids is 1. The molecule has 1 atom stereocenters. The fraction of sp³-hybridized carbons (Fsp3) is 0.385. The van der Waals surface area contributed by atoms with Gasteiger partial charge in [0, 0.05) is 12.5 Å². The molecule has 18 heavy (non-hydrogen) atoms. The fourth-order valence-corrected chi connectivity index (χ4v) is 1.53. The second-order valence-electron chi connectivity index (χ2n) is 4.20. The summed E-state index contributed by atoms with van der Waals surface area (Å²) in [6.45, 7) is 1.76. The van der Waals surface area contributed by atoms with E-state index < -0.39 is 5.97 Å². The first-order valence-electron chi connectivity index (χ1n) is 5.73. The Hall–Kier alpha value is -1.91. The lowest BCUT2D eigenvalue weighted by atomic mass is 10.1. The predicted molar refractivity (Wildman–Crippen MR) is 64.6 cm³/mol. The second kappa shape index (κ2) is 6.74. The molecule has 0 aliphatic heterocycles. The third-order valence-corrected chi connectivity index (χ3v) is 2.48. The van der Waals surface area contributed by atoms with Gasteiger partial charge in [-0.2, -0.15) is 0 Å². The molecule has 0 heterocycles. The van der Waals surface area contributed by atoms with Gasteiger partial charge in [0.2, 0.25) is 5.91 Å². The van der Waals surface area contributed by atoms with Crippen molar-refractivity contribution in [2.45, 2.75) is 32.2 Å². The van der Waals surface area contributed by atoms with Crippen molar-refractivity contribution in [3.05, 3.63) is 35.6 Å². The molecule has 1 amide bonds. The molecule has 0 aromatic heterocycles. The molecule has 1 aromatic carbocycles. The predicted octanol–water partition coefficient (Wildman–Crippen LogP) is 1.74. The molecule has 0 saturated carbocycles. The molecule has 5 heteroatoms. The van der Waals surface area contributed by atoms with Gasteiger partial charge >= 0.3 is 5.97 Å². The molecule has 1 unspecified atom stereocenters. The number of halogens is 1. The number of nitrogens with one attached hydrogen (secondary N) is 1. The quantitative estimate of drug-likeness (QED) is 0.811. The van der Waals surface area contributed by atoms with Gasteiger partial charge in [-0.1, -0.05) is 12.1 Å². The van der Waals surface area contributed by atoms with Crippen LogP contribution in [0.5, 0.6) is 0 Å². The lowest BCUT2D eigenvalue weighted by Gasteiger charge is -2.12. The molecular weight excluding hydrogens is 237 g/mol. The summed E-state index contributed by atoms with van der Waals surface area (Å²) in [6.07, 6.45) is 0.584. The van der Waals surface area contributed by atoms with Gasteiger partial charge in [-0.05, 0) is 31.0 Å². The Bertz CT molecular complexity index is 417. The van der Waals surface area contributed by atoms with E-state index in [1.807, 2.05) is 0 Å². The summed E-state index contributed by atoms with van der Waals surface area (Å²) in [6, 6.07) is 5.52. The van der Waals surface area contributed by atoms with E-state index in [0.717, 1.165) is 5.56 Å². The third kappa shape index (κ3) is 5.43. The molecule has 2 N–H and O–H groups in total. The van der Waals surface area contributed by atoms with Crippen LogP contribution in [-0.4, -0.2) is 23.0 Å². The number of rotatable bonds is 6. The van der Waals surface area contributed by atoms with Crippen LogP contribution in [0.1, 0.15) is 25.3 Å². The minimum Gasteiger partial charge on any atom is -0.481 e. The Balaban J connectivity index is 2.37. The highest BCUT2D eigenvalue weighted by molar-refractivity contribution is 5.78. The van der Waals surface area contributed by atoms with E-state index in [4.69, 9.17) is 5.11 Å². The van der Waals surface area contributed by atoms with Gasteiger partial charge in [0.05, 0.1) is 6.42 Å². The molecule has 0 radical (unpaired) electrons. The number of benzene rings is 1. The summed E-state index contributed by atoms with van der Waals surface area (Å²) in [4.78, 5) is 22.0. The lowest BCUT2D eigenvalue weighted by Crippen LogP contribution is -2.34. The molecule has 1 aromatic rings. The Kier molecular flexibility index (Phi) is 5.30. The first kappa shape index (κ1) is 14.2. The molecule has 0 aliphatic rings. The Morgan fingerprint density at radius 1 is 1.33 bits per heavy atom. The molecule has 0 bridgehead atoms. The molecule has 0 fully saturated rings. The SMILES string of the molecule is CC(CCC(=O)O)NC(=O)Cc1ccc(F)cc1. The number of carbonyl (C=O) groups is 2. The van der Waals surface area contributed by atoms with E-state index in [-0.39, 0.29) is 30.6 Å². The highest BCUT2D eigenvalue weighted by atomic mass is 19.1. The number of carboxylic acid groups (broad SMARTS) is 1. The summed E-state index contributed by atoms with van der Waals surface area (Å²) < 4.78 is 12.7. The first-order valence-corrected chi connectivity index (χ1v) is 5.73. The lowest BCUT2D eigenvalue weighted by molar-refractivity contribution is -0.137. The van der Waals surface area contributed by atoms with Crippen LogP contribution in [0.25, 0.3) is 0 Å². The molecule has 0 aliphatic carbocycles. The number of aliphatic carboxylic acids is 1. The summed E-state index contributed by atoms with van der Waals surface area (Å²) in [5, 5.41) is 11.2. The smallest absolute Gasteiger partial charge is 0.303 e. The van der Waals surface area contributed by atoms with Crippen molar-refractivity contribution in [1.29, 1.82) is 0 Å². The van der Waals surface area contributed by atoms with Gasteiger partial charge in [-0.3, -0.25) is 9.59 Å². The topological polar surface area (TPSA) is 66.4 Å². The van der Waals surface area contributed by atoms with Crippen molar-refractivity contribution in [3.8, 4) is 0 Å². The Labute approximate surface area is 105 Å². The van der Waals surface area contributed by atoms with Crippen LogP contribution in [0.2, 0.25) is 0 Å². The highest BCUT2D eigenvalue weighted by Crippen LogP contribution is 2.04. The van der Waals surface area contributed by atoms with Crippen LogP contribution in [0, 0.1) is 5.82 Å². The Morgan fingerprint density at radius 3 is 2.50 bits per heavy atom. The van der Waals surface area contributed by atoms with E-state index in [1.165, 1.54) is 12.1 Å². The molecule has 98 valence electrons. The van der Waals surface area contributed by atoms with Crippen LogP contribution in [-0.2, 0) is 16.0 Å². The maximum atomic E-state index is 12.7. The van der Waals surface area contributed by atoms with E-state index in [2.05, 4.69) is 5.32 Å². The number of hydrogen-bond acceptors (Lipinski definition) is 2. The maximum absolute atomic E-state index is 12.7. The van der Waals surface area contributed by atoms with Gasteiger partial charge in [-0.15, -0.1) is 0 Å². The molecule has 4 nitrogen and oxygen atoms in total. The van der Waals surface area contributed by atoms with Crippen LogP contribution in [0.4, 0.5) is 4.39 Å². The van der Waals surface area contributed by atoms with Gasteiger partial charge in [0.25, 0.3) is 0 Å². The Morgan fingerprint density at radius 2 is 1.94 bits per heavy atom. The van der Waals surface area contributed by atoms with Crippen molar-refractivity contribution in [1.82, 2.24) is 5.32 Å². The minimum absolute atomic E-state index is 0.0258. The van der Waals surface area contributed by atoms with Gasteiger partial charge in [-0.25, -0.2) is 4.39 Å². The van der Waals surface area contributed by atoms with E-state index in [0.29, 0.717) is 6.42 Å². The summed E-state index contributed by atoms with van der Waals surface area (Å²) in [5.41, 5.74) is 0.722. The number of hydrogen-bond donors (Lipinski definition) is 2. The molecule has 1 rings (SSSR count). The largest absolute Gasteiger partial charge is 0.481 e. The van der Waals surface area contributed by atoms with Crippen molar-refractivity contribution in [3.63, 3.8) is 0 Å². The van der Waals surface area contributed by atoms with Gasteiger partial charge < -0.3 is 10.4 Å². The standard InChI is InChI=1S/C13H16FNO3/c1-9(2-7-13(17)18)15-12(16)8-10-3-5-11(14)6-4-10/h3-6,9H,2,7-8H2,1H3,(H,15,16)(H,17,18). The second-order valence-corrected chi connectivity index (χ2v) is 4.20. The molecular formula is C13H16FNO3. The van der Waals surface area contributed by atoms with E-state index in [9.17, 15) is 14.0 Å². The van der Waals surface area contributed by atoms with E-state index in [1.54, 1.807) is 19.1 Å². The van der Waals surface area contributed by atoms with Crippen LogP contribution in [0.15, 0.2) is 24.3 Å². The zero-order chi connectivity index (χ0) is 13.5. The summed E-state index contributed by atoms with van der Waals surface area (Å²) in [5.74, 6) is -1.41. The average Bonchev–Trinajstić information content (AvgIpc) is 2.29. The third-order valence-electron chi connectivity index (χ3n) is 2.48. The van der Waals surface area contributed by atoms with Crippen molar-refractivity contribution >= 4 is 11.9 Å². The zero-order valence-electron chi connectivity index (χ0n) is 10.1. The number of amides is 1. The summed E-state index contributed by atoms with van der Waals surface area (Å²) >= 11 is 0. The zero-order valence-corrected chi connectivity index (χ0v) is 10.1. The monoisotopic (exact) mass is 253 g/mol. The van der Waals surface area contributed by atoms with Crippen molar-refractivity contribution in [2.24, 2.45) is 0 Å². The van der Waals surface area contributed by atoms with Crippen LogP contribution in [0.3, 0.4) is 0 Å². The summed E-state index contributed by atoms with van der Waals surface area (Å²) in [7, 11) is 0. The minimum atomic E-state index is -0.880. The molecule has 0 spiro atoms. The average molecular weight is 253 g/mol. The first-order chi connectivity index (χ1) is 8.47. The molecule has 0 saturated heterocycles. The van der Waals surface area contributed by atoms with Gasteiger partial charge in [0.15, 0.2) is 0 Å². The van der Waals surface area contributed by atoms with Crippen LogP contribution >= 0.6 is 0 Å². The highest BCUT2D eigenvalue weighted by Gasteiger charge is 2.09. The van der Waals surface area contributed by atoms with Crippen LogP contribution < -0.4 is 5.32 Å². The van der Waals surface area contributed by atoms with E-state index >= 15 is 0 Å².